The van der Waals surface area contributed by atoms with Crippen molar-refractivity contribution in [2.45, 2.75) is 13.2 Å². The zero-order valence-electron chi connectivity index (χ0n) is 16.6. The number of halogens is 3. The first-order valence-electron chi connectivity index (χ1n) is 9.65. The predicted octanol–water partition coefficient (Wildman–Crippen LogP) is 6.43. The predicted molar refractivity (Wildman–Crippen MR) is 128 cm³/mol. The summed E-state index contributed by atoms with van der Waals surface area (Å²) in [7, 11) is 0. The van der Waals surface area contributed by atoms with Crippen LogP contribution in [0, 0.1) is 0 Å². The number of carbonyl (C=O) groups is 2. The smallest absolute Gasteiger partial charge is 0.329 e. The van der Waals surface area contributed by atoms with E-state index in [2.05, 4.69) is 21.2 Å². The molecule has 0 radical (unpaired) electrons. The van der Waals surface area contributed by atoms with E-state index in [1.165, 1.54) is 0 Å². The number of hydrogen-bond donors (Lipinski definition) is 1. The second kappa shape index (κ2) is 9.77. The summed E-state index contributed by atoms with van der Waals surface area (Å²) in [5, 5.41) is 3.84. The first kappa shape index (κ1) is 22.4. The molecule has 0 aromatic heterocycles. The minimum Gasteiger partial charge on any atom is -0.488 e. The quantitative estimate of drug-likeness (QED) is 0.294. The van der Waals surface area contributed by atoms with Crippen molar-refractivity contribution >= 4 is 57.1 Å². The lowest BCUT2D eigenvalue weighted by Crippen LogP contribution is -2.30. The number of ether oxygens (including phenoxy) is 1. The summed E-state index contributed by atoms with van der Waals surface area (Å²) < 4.78 is 6.77. The molecule has 1 aliphatic rings. The van der Waals surface area contributed by atoms with Crippen LogP contribution < -0.4 is 10.1 Å². The van der Waals surface area contributed by atoms with E-state index in [0.717, 1.165) is 20.5 Å². The Morgan fingerprint density at radius 1 is 1.00 bits per heavy atom. The third-order valence-electron chi connectivity index (χ3n) is 4.83. The summed E-state index contributed by atoms with van der Waals surface area (Å²) in [5.41, 5.74) is 2.45. The van der Waals surface area contributed by atoms with E-state index < -0.39 is 11.9 Å². The average Bonchev–Trinajstić information content (AvgIpc) is 3.03. The fraction of sp³-hybridized carbons (Fsp3) is 0.0833. The standard InChI is InChI=1S/C24H17BrCl2N2O3/c25-18-7-10-22(32-14-16-3-1-2-4-20(16)27)17(11-18)12-21-23(30)29(24(31)28-21)13-15-5-8-19(26)9-6-15/h1-12H,13-14H2,(H,28,31)/b21-12-. The molecule has 3 aromatic carbocycles. The van der Waals surface area contributed by atoms with Crippen molar-refractivity contribution < 1.29 is 14.3 Å². The topological polar surface area (TPSA) is 58.6 Å². The van der Waals surface area contributed by atoms with Crippen LogP contribution in [0.15, 0.2) is 76.9 Å². The molecular formula is C24H17BrCl2N2O3. The number of urea groups is 1. The van der Waals surface area contributed by atoms with Crippen LogP contribution in [0.4, 0.5) is 4.79 Å². The first-order chi connectivity index (χ1) is 15.4. The van der Waals surface area contributed by atoms with E-state index in [4.69, 9.17) is 27.9 Å². The lowest BCUT2D eigenvalue weighted by atomic mass is 10.1. The van der Waals surface area contributed by atoms with Crippen molar-refractivity contribution in [3.63, 3.8) is 0 Å². The molecule has 0 bridgehead atoms. The minimum atomic E-state index is -0.482. The minimum absolute atomic E-state index is 0.146. The maximum absolute atomic E-state index is 12.9. The third-order valence-corrected chi connectivity index (χ3v) is 5.94. The molecule has 1 heterocycles. The van der Waals surface area contributed by atoms with Crippen LogP contribution >= 0.6 is 39.1 Å². The Bertz CT molecular complexity index is 1210. The van der Waals surface area contributed by atoms with Gasteiger partial charge in [0.1, 0.15) is 18.1 Å². The highest BCUT2D eigenvalue weighted by atomic mass is 79.9. The van der Waals surface area contributed by atoms with Crippen LogP contribution in [0.2, 0.25) is 10.0 Å². The van der Waals surface area contributed by atoms with Crippen molar-refractivity contribution in [2.24, 2.45) is 0 Å². The summed E-state index contributed by atoms with van der Waals surface area (Å²) in [4.78, 5) is 26.5. The van der Waals surface area contributed by atoms with Gasteiger partial charge < -0.3 is 10.1 Å². The average molecular weight is 532 g/mol. The first-order valence-corrected chi connectivity index (χ1v) is 11.2. The van der Waals surface area contributed by atoms with Gasteiger partial charge in [-0.3, -0.25) is 9.69 Å². The normalized spacial score (nSPS) is 14.7. The lowest BCUT2D eigenvalue weighted by molar-refractivity contribution is -0.123. The Hall–Kier alpha value is -2.80. The molecule has 0 unspecified atom stereocenters. The molecule has 3 aromatic rings. The van der Waals surface area contributed by atoms with Crippen LogP contribution in [0.5, 0.6) is 5.75 Å². The van der Waals surface area contributed by atoms with Gasteiger partial charge in [-0.25, -0.2) is 4.79 Å². The highest BCUT2D eigenvalue weighted by molar-refractivity contribution is 9.10. The maximum Gasteiger partial charge on any atom is 0.329 e. The second-order valence-electron chi connectivity index (χ2n) is 7.07. The number of hydrogen-bond acceptors (Lipinski definition) is 3. The Morgan fingerprint density at radius 3 is 2.50 bits per heavy atom. The van der Waals surface area contributed by atoms with Gasteiger partial charge in [0, 0.05) is 25.6 Å². The van der Waals surface area contributed by atoms with Crippen LogP contribution in [-0.4, -0.2) is 16.8 Å². The van der Waals surface area contributed by atoms with E-state index >= 15 is 0 Å². The van der Waals surface area contributed by atoms with E-state index in [9.17, 15) is 9.59 Å². The summed E-state index contributed by atoms with van der Waals surface area (Å²) in [6, 6.07) is 19.4. The van der Waals surface area contributed by atoms with Gasteiger partial charge in [-0.1, -0.05) is 69.5 Å². The fourth-order valence-corrected chi connectivity index (χ4v) is 3.87. The van der Waals surface area contributed by atoms with Gasteiger partial charge in [0.15, 0.2) is 0 Å². The lowest BCUT2D eigenvalue weighted by Gasteiger charge is -2.12. The van der Waals surface area contributed by atoms with E-state index in [1.54, 1.807) is 42.5 Å². The summed E-state index contributed by atoms with van der Waals surface area (Å²) >= 11 is 15.6. The van der Waals surface area contributed by atoms with Crippen LogP contribution in [0.3, 0.4) is 0 Å². The Kier molecular flexibility index (Phi) is 6.84. The van der Waals surface area contributed by atoms with Crippen LogP contribution in [0.1, 0.15) is 16.7 Å². The van der Waals surface area contributed by atoms with Gasteiger partial charge in [0.05, 0.1) is 6.54 Å². The molecule has 1 N–H and O–H groups in total. The zero-order chi connectivity index (χ0) is 22.7. The highest BCUT2D eigenvalue weighted by Gasteiger charge is 2.33. The molecule has 162 valence electrons. The molecule has 1 fully saturated rings. The number of rotatable bonds is 6. The SMILES string of the molecule is O=C1N/C(=C\c2cc(Br)ccc2OCc2ccccc2Cl)C(=O)N1Cc1ccc(Cl)cc1. The van der Waals surface area contributed by atoms with E-state index in [0.29, 0.717) is 21.4 Å². The molecule has 1 saturated heterocycles. The second-order valence-corrected chi connectivity index (χ2v) is 8.83. The highest BCUT2D eigenvalue weighted by Crippen LogP contribution is 2.28. The fourth-order valence-electron chi connectivity index (χ4n) is 3.18. The Balaban J connectivity index is 1.55. The van der Waals surface area contributed by atoms with Gasteiger partial charge >= 0.3 is 6.03 Å². The van der Waals surface area contributed by atoms with Crippen molar-refractivity contribution in [1.29, 1.82) is 0 Å². The van der Waals surface area contributed by atoms with Gasteiger partial charge in [0.25, 0.3) is 5.91 Å². The molecule has 0 spiro atoms. The third kappa shape index (κ3) is 5.15. The Morgan fingerprint density at radius 2 is 1.75 bits per heavy atom. The molecule has 5 nitrogen and oxygen atoms in total. The molecule has 3 amide bonds. The van der Waals surface area contributed by atoms with Crippen molar-refractivity contribution in [3.05, 3.63) is 104 Å². The van der Waals surface area contributed by atoms with Gasteiger partial charge in [-0.15, -0.1) is 0 Å². The number of benzene rings is 3. The van der Waals surface area contributed by atoms with Gasteiger partial charge in [-0.05, 0) is 48.0 Å². The van der Waals surface area contributed by atoms with Crippen LogP contribution in [0.25, 0.3) is 6.08 Å². The monoisotopic (exact) mass is 530 g/mol. The molecule has 32 heavy (non-hydrogen) atoms. The number of imide groups is 1. The van der Waals surface area contributed by atoms with E-state index in [1.807, 2.05) is 30.3 Å². The molecular weight excluding hydrogens is 515 g/mol. The van der Waals surface area contributed by atoms with Crippen LogP contribution in [-0.2, 0) is 17.9 Å². The Labute approximate surface area is 203 Å². The van der Waals surface area contributed by atoms with Gasteiger partial charge in [0.2, 0.25) is 0 Å². The molecule has 1 aliphatic heterocycles. The number of amides is 3. The molecule has 0 atom stereocenters. The van der Waals surface area contributed by atoms with Crippen molar-refractivity contribution in [1.82, 2.24) is 10.2 Å². The molecule has 8 heteroatoms. The summed E-state index contributed by atoms with van der Waals surface area (Å²) in [6.07, 6.45) is 1.61. The van der Waals surface area contributed by atoms with Crippen molar-refractivity contribution in [3.8, 4) is 5.75 Å². The molecule has 4 rings (SSSR count). The largest absolute Gasteiger partial charge is 0.488 e. The molecule has 0 aliphatic carbocycles. The summed E-state index contributed by atoms with van der Waals surface area (Å²) in [6.45, 7) is 0.411. The number of carbonyl (C=O) groups excluding carboxylic acids is 2. The summed E-state index contributed by atoms with van der Waals surface area (Å²) in [5.74, 6) is 0.140. The number of nitrogens with one attached hydrogen (secondary N) is 1. The zero-order valence-corrected chi connectivity index (χ0v) is 19.7. The maximum atomic E-state index is 12.9. The number of nitrogens with zero attached hydrogens (tertiary/aromatic N) is 1. The van der Waals surface area contributed by atoms with Gasteiger partial charge in [-0.2, -0.15) is 0 Å². The van der Waals surface area contributed by atoms with E-state index in [-0.39, 0.29) is 18.8 Å². The molecule has 0 saturated carbocycles. The van der Waals surface area contributed by atoms with Crippen molar-refractivity contribution in [2.75, 3.05) is 0 Å².